The zero-order chi connectivity index (χ0) is 37.9. The molecule has 0 fully saturated rings. The molecule has 0 bridgehead atoms. The van der Waals surface area contributed by atoms with E-state index in [2.05, 4.69) is 134 Å². The number of hydrogen-bond donors (Lipinski definition) is 0. The molecule has 9 rings (SSSR count). The Kier molecular flexibility index (Phi) is 7.41. The summed E-state index contributed by atoms with van der Waals surface area (Å²) in [4.78, 5) is 27.3. The number of hydrogen-bond acceptors (Lipinski definition) is 2. The number of fused-ring (bicyclic) bond motifs is 7. The highest BCUT2D eigenvalue weighted by Gasteiger charge is 2.40. The third-order valence-corrected chi connectivity index (χ3v) is 12.1. The van der Waals surface area contributed by atoms with Crippen molar-refractivity contribution in [3.05, 3.63) is 183 Å². The lowest BCUT2D eigenvalue weighted by molar-refractivity contribution is 0.0990. The van der Waals surface area contributed by atoms with E-state index in [-0.39, 0.29) is 39.3 Å². The molecule has 7 aromatic carbocycles. The largest absolute Gasteiger partial charge is 0.288 e. The third-order valence-electron chi connectivity index (χ3n) is 12.1. The Morgan fingerprint density at radius 2 is 1.09 bits per heavy atom. The first-order valence-corrected chi connectivity index (χ1v) is 19.2. The fourth-order valence-corrected chi connectivity index (χ4v) is 8.99. The molecule has 1 atom stereocenters. The molecule has 0 heterocycles. The van der Waals surface area contributed by atoms with Gasteiger partial charge in [0.1, 0.15) is 0 Å². The standard InChI is InChI=1S/C52H46O2/c1-50(2,3)37-23-36(24-38(29-37)51(4,5)6)46-42-27-34-18-17-30(22-43-48(53)40-25-32-14-9-10-15-33(32)26-41(40)49(43)54)21-35(34)28-45(42)52(7,8)44-20-19-31-13-11-12-16-39(31)47(44)46/h9-29,46H,1-8H3. The van der Waals surface area contributed by atoms with Gasteiger partial charge < -0.3 is 0 Å². The molecule has 0 saturated carbocycles. The van der Waals surface area contributed by atoms with Crippen LogP contribution in [0.3, 0.4) is 0 Å². The molecular formula is C52H46O2. The maximum absolute atomic E-state index is 13.7. The maximum Gasteiger partial charge on any atom is 0.197 e. The minimum Gasteiger partial charge on any atom is -0.288 e. The van der Waals surface area contributed by atoms with Crippen LogP contribution in [-0.4, -0.2) is 11.6 Å². The number of carbonyl (C=O) groups is 2. The van der Waals surface area contributed by atoms with Gasteiger partial charge in [-0.15, -0.1) is 0 Å². The molecule has 2 aliphatic carbocycles. The normalized spacial score (nSPS) is 16.5. The molecular weight excluding hydrogens is 657 g/mol. The Morgan fingerprint density at radius 3 is 1.70 bits per heavy atom. The van der Waals surface area contributed by atoms with Gasteiger partial charge in [0.15, 0.2) is 11.6 Å². The van der Waals surface area contributed by atoms with Crippen molar-refractivity contribution in [1.29, 1.82) is 0 Å². The quantitative estimate of drug-likeness (QED) is 0.133. The second-order valence-corrected chi connectivity index (χ2v) is 18.2. The zero-order valence-corrected chi connectivity index (χ0v) is 32.5. The van der Waals surface area contributed by atoms with E-state index in [9.17, 15) is 9.59 Å². The van der Waals surface area contributed by atoms with Crippen LogP contribution in [0.4, 0.5) is 0 Å². The fourth-order valence-electron chi connectivity index (χ4n) is 8.99. The van der Waals surface area contributed by atoms with E-state index in [0.717, 1.165) is 27.1 Å². The van der Waals surface area contributed by atoms with Gasteiger partial charge in [-0.1, -0.05) is 146 Å². The fraction of sp³-hybridized carbons (Fsp3) is 0.231. The van der Waals surface area contributed by atoms with E-state index < -0.39 is 0 Å². The first-order chi connectivity index (χ1) is 25.6. The van der Waals surface area contributed by atoms with Crippen LogP contribution in [0, 0.1) is 0 Å². The molecule has 2 heteroatoms. The van der Waals surface area contributed by atoms with Crippen molar-refractivity contribution >= 4 is 50.0 Å². The summed E-state index contributed by atoms with van der Waals surface area (Å²) >= 11 is 0. The van der Waals surface area contributed by atoms with E-state index in [1.807, 2.05) is 42.5 Å². The minimum absolute atomic E-state index is 0.0143. The van der Waals surface area contributed by atoms with E-state index in [1.54, 1.807) is 6.08 Å². The summed E-state index contributed by atoms with van der Waals surface area (Å²) in [5.41, 5.74) is 11.2. The molecule has 0 aromatic heterocycles. The van der Waals surface area contributed by atoms with Gasteiger partial charge in [0, 0.05) is 22.5 Å². The van der Waals surface area contributed by atoms with Crippen molar-refractivity contribution in [1.82, 2.24) is 0 Å². The minimum atomic E-state index is -0.274. The van der Waals surface area contributed by atoms with E-state index >= 15 is 0 Å². The van der Waals surface area contributed by atoms with Gasteiger partial charge in [0.2, 0.25) is 0 Å². The van der Waals surface area contributed by atoms with Crippen LogP contribution in [0.1, 0.15) is 127 Å². The Morgan fingerprint density at radius 1 is 0.537 bits per heavy atom. The van der Waals surface area contributed by atoms with Gasteiger partial charge in [-0.25, -0.2) is 0 Å². The monoisotopic (exact) mass is 702 g/mol. The molecule has 0 spiro atoms. The Hall–Kier alpha value is -5.60. The highest BCUT2D eigenvalue weighted by atomic mass is 16.2. The molecule has 0 amide bonds. The van der Waals surface area contributed by atoms with E-state index in [0.29, 0.717) is 11.1 Å². The lowest BCUT2D eigenvalue weighted by atomic mass is 9.62. The maximum atomic E-state index is 13.7. The number of allylic oxidation sites excluding steroid dienone is 1. The topological polar surface area (TPSA) is 34.1 Å². The average molecular weight is 703 g/mol. The van der Waals surface area contributed by atoms with Crippen LogP contribution in [0.25, 0.3) is 38.4 Å². The zero-order valence-electron chi connectivity index (χ0n) is 32.5. The lowest BCUT2D eigenvalue weighted by Crippen LogP contribution is -2.30. The molecule has 7 aromatic rings. The number of carbonyl (C=O) groups excluding carboxylic acids is 2. The molecule has 0 aliphatic heterocycles. The summed E-state index contributed by atoms with van der Waals surface area (Å²) in [6.45, 7) is 18.6. The van der Waals surface area contributed by atoms with Gasteiger partial charge in [0.25, 0.3) is 0 Å². The average Bonchev–Trinajstić information content (AvgIpc) is 3.36. The van der Waals surface area contributed by atoms with Gasteiger partial charge in [-0.2, -0.15) is 0 Å². The Bertz CT molecular complexity index is 2710. The van der Waals surface area contributed by atoms with Crippen molar-refractivity contribution in [2.24, 2.45) is 0 Å². The number of ketones is 2. The first-order valence-electron chi connectivity index (χ1n) is 19.2. The molecule has 0 radical (unpaired) electrons. The van der Waals surface area contributed by atoms with Crippen LogP contribution < -0.4 is 0 Å². The summed E-state index contributed by atoms with van der Waals surface area (Å²) in [5.74, 6) is -0.371. The summed E-state index contributed by atoms with van der Waals surface area (Å²) < 4.78 is 0. The summed E-state index contributed by atoms with van der Waals surface area (Å²) in [6, 6.07) is 43.5. The number of rotatable bonds is 2. The lowest BCUT2D eigenvalue weighted by Gasteiger charge is -2.41. The highest BCUT2D eigenvalue weighted by molar-refractivity contribution is 6.42. The molecule has 2 aliphatic rings. The predicted octanol–water partition coefficient (Wildman–Crippen LogP) is 13.0. The van der Waals surface area contributed by atoms with Crippen LogP contribution in [0.5, 0.6) is 0 Å². The van der Waals surface area contributed by atoms with Gasteiger partial charge in [0.05, 0.1) is 5.57 Å². The Balaban J connectivity index is 1.24. The molecule has 266 valence electrons. The van der Waals surface area contributed by atoms with Crippen LogP contribution in [0.15, 0.2) is 127 Å². The smallest absolute Gasteiger partial charge is 0.197 e. The summed E-state index contributed by atoms with van der Waals surface area (Å²) in [5, 5.41) is 6.72. The first kappa shape index (κ1) is 34.2. The van der Waals surface area contributed by atoms with Crippen molar-refractivity contribution < 1.29 is 9.59 Å². The third kappa shape index (κ3) is 5.29. The van der Waals surface area contributed by atoms with E-state index in [4.69, 9.17) is 0 Å². The van der Waals surface area contributed by atoms with Gasteiger partial charge in [-0.05, 0) is 124 Å². The van der Waals surface area contributed by atoms with Crippen molar-refractivity contribution in [3.8, 4) is 0 Å². The molecule has 54 heavy (non-hydrogen) atoms. The molecule has 1 unspecified atom stereocenters. The number of benzene rings is 7. The number of Topliss-reactive ketones (excluding diaryl/α,β-unsaturated/α-hetero) is 2. The predicted molar refractivity (Wildman–Crippen MR) is 225 cm³/mol. The van der Waals surface area contributed by atoms with Crippen LogP contribution in [-0.2, 0) is 16.2 Å². The summed E-state index contributed by atoms with van der Waals surface area (Å²) in [6.07, 6.45) is 1.79. The van der Waals surface area contributed by atoms with Gasteiger partial charge >= 0.3 is 0 Å². The molecule has 0 N–H and O–H groups in total. The SMILES string of the molecule is CC(C)(C)c1cc(C2c3cc4ccc(C=C5C(=O)c6cc7ccccc7cc6C5=O)cc4cc3C(C)(C)c3ccc4ccccc4c32)cc(C(C)(C)C)c1. The van der Waals surface area contributed by atoms with Crippen molar-refractivity contribution in [2.75, 3.05) is 0 Å². The molecule has 0 saturated heterocycles. The van der Waals surface area contributed by atoms with Crippen LogP contribution >= 0.6 is 0 Å². The van der Waals surface area contributed by atoms with Crippen LogP contribution in [0.2, 0.25) is 0 Å². The van der Waals surface area contributed by atoms with E-state index in [1.165, 1.54) is 49.7 Å². The highest BCUT2D eigenvalue weighted by Crippen LogP contribution is 2.53. The second kappa shape index (κ2) is 11.7. The Labute approximate surface area is 318 Å². The van der Waals surface area contributed by atoms with Crippen molar-refractivity contribution in [2.45, 2.75) is 77.6 Å². The molecule has 2 nitrogen and oxygen atoms in total. The van der Waals surface area contributed by atoms with Crippen molar-refractivity contribution in [3.63, 3.8) is 0 Å². The van der Waals surface area contributed by atoms with Gasteiger partial charge in [-0.3, -0.25) is 9.59 Å². The summed E-state index contributed by atoms with van der Waals surface area (Å²) in [7, 11) is 0. The second-order valence-electron chi connectivity index (χ2n) is 18.2.